The molecule has 2 aromatic rings. The van der Waals surface area contributed by atoms with Crippen molar-refractivity contribution in [2.45, 2.75) is 46.2 Å². The Balaban J connectivity index is 1.90. The summed E-state index contributed by atoms with van der Waals surface area (Å²) >= 11 is 0. The second kappa shape index (κ2) is 9.00. The van der Waals surface area contributed by atoms with Crippen LogP contribution in [0.3, 0.4) is 0 Å². The largest absolute Gasteiger partial charge is 0.338 e. The Hall–Kier alpha value is -2.69. The number of benzene rings is 1. The molecule has 148 valence electrons. The average molecular weight is 380 g/mol. The molecule has 0 radical (unpaired) electrons. The van der Waals surface area contributed by atoms with Crippen LogP contribution in [0.2, 0.25) is 0 Å². The minimum absolute atomic E-state index is 0.121. The van der Waals surface area contributed by atoms with Gasteiger partial charge in [-0.15, -0.1) is 0 Å². The molecule has 0 N–H and O–H groups in total. The van der Waals surface area contributed by atoms with Crippen LogP contribution >= 0.6 is 0 Å². The van der Waals surface area contributed by atoms with E-state index in [1.165, 1.54) is 5.56 Å². The van der Waals surface area contributed by atoms with Gasteiger partial charge in [0.05, 0.1) is 12.0 Å². The molecule has 0 saturated carbocycles. The fourth-order valence-electron chi connectivity index (χ4n) is 4.05. The van der Waals surface area contributed by atoms with Crippen LogP contribution < -0.4 is 0 Å². The third-order valence-electron chi connectivity index (χ3n) is 5.60. The van der Waals surface area contributed by atoms with E-state index in [0.29, 0.717) is 32.5 Å². The summed E-state index contributed by atoms with van der Waals surface area (Å²) in [5, 5.41) is 0. The first kappa shape index (κ1) is 20.1. The first-order valence-corrected chi connectivity index (χ1v) is 10.1. The van der Waals surface area contributed by atoms with E-state index in [1.807, 2.05) is 42.7 Å². The highest BCUT2D eigenvalue weighted by Gasteiger charge is 2.41. The van der Waals surface area contributed by atoms with Crippen molar-refractivity contribution in [2.24, 2.45) is 5.92 Å². The van der Waals surface area contributed by atoms with Gasteiger partial charge in [-0.1, -0.05) is 29.8 Å². The Labute approximate surface area is 167 Å². The van der Waals surface area contributed by atoms with Gasteiger partial charge in [0, 0.05) is 38.4 Å². The zero-order chi connectivity index (χ0) is 20.1. The number of hydrogen-bond donors (Lipinski definition) is 0. The lowest BCUT2D eigenvalue weighted by atomic mass is 9.83. The Bertz CT molecular complexity index is 804. The second-order valence-electron chi connectivity index (χ2n) is 7.39. The van der Waals surface area contributed by atoms with Gasteiger partial charge in [-0.3, -0.25) is 14.6 Å². The third-order valence-corrected chi connectivity index (χ3v) is 5.60. The standard InChI is InChI=1S/C23H29N3O2/c1-4-25(16-18-12-14-24-15-13-18)23(28)20-10-11-21(27)26(5-2)22(20)19-8-6-17(3)7-9-19/h6-9,12-15,20,22H,4-5,10-11,16H2,1-3H3/t20-,22+/m1/s1. The van der Waals surface area contributed by atoms with Crippen molar-refractivity contribution in [3.05, 3.63) is 65.5 Å². The number of carbonyl (C=O) groups is 2. The van der Waals surface area contributed by atoms with E-state index in [0.717, 1.165) is 11.1 Å². The molecule has 0 aliphatic carbocycles. The van der Waals surface area contributed by atoms with Crippen molar-refractivity contribution in [1.29, 1.82) is 0 Å². The lowest BCUT2D eigenvalue weighted by Crippen LogP contribution is -2.48. The lowest BCUT2D eigenvalue weighted by Gasteiger charge is -2.42. The predicted molar refractivity (Wildman–Crippen MR) is 109 cm³/mol. The first-order valence-electron chi connectivity index (χ1n) is 10.1. The number of aromatic nitrogens is 1. The van der Waals surface area contributed by atoms with Crippen molar-refractivity contribution >= 4 is 11.8 Å². The summed E-state index contributed by atoms with van der Waals surface area (Å²) in [6.45, 7) is 7.85. The zero-order valence-electron chi connectivity index (χ0n) is 17.0. The van der Waals surface area contributed by atoms with E-state index in [2.05, 4.69) is 29.2 Å². The topological polar surface area (TPSA) is 53.5 Å². The van der Waals surface area contributed by atoms with Crippen molar-refractivity contribution in [2.75, 3.05) is 13.1 Å². The van der Waals surface area contributed by atoms with Crippen LogP contribution in [0.15, 0.2) is 48.8 Å². The summed E-state index contributed by atoms with van der Waals surface area (Å²) < 4.78 is 0. The first-order chi connectivity index (χ1) is 13.5. The fourth-order valence-corrected chi connectivity index (χ4v) is 4.05. The van der Waals surface area contributed by atoms with E-state index < -0.39 is 0 Å². The summed E-state index contributed by atoms with van der Waals surface area (Å²) in [6, 6.07) is 11.9. The SMILES string of the molecule is CCN(Cc1ccncc1)C(=O)[C@@H]1CCC(=O)N(CC)[C@H]1c1ccc(C)cc1. The quantitative estimate of drug-likeness (QED) is 0.768. The maximum Gasteiger partial charge on any atom is 0.228 e. The van der Waals surface area contributed by atoms with Crippen molar-refractivity contribution in [1.82, 2.24) is 14.8 Å². The minimum atomic E-state index is -0.220. The number of amides is 2. The molecule has 0 spiro atoms. The summed E-state index contributed by atoms with van der Waals surface area (Å²) in [5.41, 5.74) is 3.28. The molecule has 1 aromatic heterocycles. The highest BCUT2D eigenvalue weighted by Crippen LogP contribution is 2.38. The molecule has 28 heavy (non-hydrogen) atoms. The van der Waals surface area contributed by atoms with Crippen LogP contribution in [0.5, 0.6) is 0 Å². The highest BCUT2D eigenvalue weighted by molar-refractivity contribution is 5.85. The van der Waals surface area contributed by atoms with Gasteiger partial charge in [0.15, 0.2) is 0 Å². The normalized spacial score (nSPS) is 19.5. The number of carbonyl (C=O) groups excluding carboxylic acids is 2. The van der Waals surface area contributed by atoms with Gasteiger partial charge in [0.2, 0.25) is 11.8 Å². The van der Waals surface area contributed by atoms with Gasteiger partial charge in [-0.25, -0.2) is 0 Å². The number of rotatable bonds is 6. The van der Waals surface area contributed by atoms with Gasteiger partial charge in [-0.2, -0.15) is 0 Å². The average Bonchev–Trinajstić information content (AvgIpc) is 2.72. The van der Waals surface area contributed by atoms with Crippen LogP contribution in [0, 0.1) is 12.8 Å². The van der Waals surface area contributed by atoms with Crippen molar-refractivity contribution in [3.63, 3.8) is 0 Å². The van der Waals surface area contributed by atoms with Crippen molar-refractivity contribution < 1.29 is 9.59 Å². The summed E-state index contributed by atoms with van der Waals surface area (Å²) in [5.74, 6) is 0.0345. The number of piperidine rings is 1. The van der Waals surface area contributed by atoms with E-state index in [4.69, 9.17) is 0 Å². The number of hydrogen-bond acceptors (Lipinski definition) is 3. The molecule has 5 heteroatoms. The summed E-state index contributed by atoms with van der Waals surface area (Å²) in [6.07, 6.45) is 4.53. The fraction of sp³-hybridized carbons (Fsp3) is 0.435. The molecule has 5 nitrogen and oxygen atoms in total. The van der Waals surface area contributed by atoms with Gasteiger partial charge in [0.25, 0.3) is 0 Å². The van der Waals surface area contributed by atoms with Gasteiger partial charge in [-0.05, 0) is 50.5 Å². The molecule has 2 atom stereocenters. The molecule has 1 aliphatic rings. The van der Waals surface area contributed by atoms with Crippen LogP contribution in [0.1, 0.15) is 49.4 Å². The Morgan fingerprint density at radius 2 is 1.82 bits per heavy atom. The minimum Gasteiger partial charge on any atom is -0.338 e. The Morgan fingerprint density at radius 1 is 1.14 bits per heavy atom. The number of pyridine rings is 1. The van der Waals surface area contributed by atoms with E-state index in [9.17, 15) is 9.59 Å². The van der Waals surface area contributed by atoms with Crippen LogP contribution in [0.25, 0.3) is 0 Å². The molecule has 0 bridgehead atoms. The molecule has 1 fully saturated rings. The maximum atomic E-state index is 13.5. The smallest absolute Gasteiger partial charge is 0.228 e. The number of aryl methyl sites for hydroxylation is 1. The van der Waals surface area contributed by atoms with E-state index in [1.54, 1.807) is 12.4 Å². The highest BCUT2D eigenvalue weighted by atomic mass is 16.2. The monoisotopic (exact) mass is 379 g/mol. The molecule has 2 amide bonds. The van der Waals surface area contributed by atoms with Crippen LogP contribution in [0.4, 0.5) is 0 Å². The predicted octanol–water partition coefficient (Wildman–Crippen LogP) is 3.74. The van der Waals surface area contributed by atoms with E-state index >= 15 is 0 Å². The Kier molecular flexibility index (Phi) is 6.45. The van der Waals surface area contributed by atoms with Gasteiger partial charge in [0.1, 0.15) is 0 Å². The third kappa shape index (κ3) is 4.24. The number of nitrogens with zero attached hydrogens (tertiary/aromatic N) is 3. The molecule has 1 aromatic carbocycles. The molecule has 3 rings (SSSR count). The molecule has 2 heterocycles. The van der Waals surface area contributed by atoms with Crippen molar-refractivity contribution in [3.8, 4) is 0 Å². The Morgan fingerprint density at radius 3 is 2.43 bits per heavy atom. The van der Waals surface area contributed by atoms with Crippen LogP contribution in [-0.2, 0) is 16.1 Å². The summed E-state index contributed by atoms with van der Waals surface area (Å²) in [7, 11) is 0. The summed E-state index contributed by atoms with van der Waals surface area (Å²) in [4.78, 5) is 33.9. The zero-order valence-corrected chi connectivity index (χ0v) is 17.0. The van der Waals surface area contributed by atoms with Gasteiger partial charge < -0.3 is 9.80 Å². The van der Waals surface area contributed by atoms with Crippen LogP contribution in [-0.4, -0.2) is 39.7 Å². The molecule has 0 unspecified atom stereocenters. The molecular formula is C23H29N3O2. The lowest BCUT2D eigenvalue weighted by molar-refractivity contribution is -0.148. The maximum absolute atomic E-state index is 13.5. The number of likely N-dealkylation sites (tertiary alicyclic amines) is 1. The molecule has 1 aliphatic heterocycles. The van der Waals surface area contributed by atoms with Gasteiger partial charge >= 0.3 is 0 Å². The second-order valence-corrected chi connectivity index (χ2v) is 7.39. The molecule has 1 saturated heterocycles. The van der Waals surface area contributed by atoms with E-state index in [-0.39, 0.29) is 23.8 Å². The molecular weight excluding hydrogens is 350 g/mol.